The summed E-state index contributed by atoms with van der Waals surface area (Å²) in [7, 11) is 0. The van der Waals surface area contributed by atoms with Crippen molar-refractivity contribution in [1.29, 1.82) is 0 Å². The summed E-state index contributed by atoms with van der Waals surface area (Å²) in [4.78, 5) is 36.2. The molecule has 0 spiro atoms. The first-order valence-corrected chi connectivity index (χ1v) is 11.2. The summed E-state index contributed by atoms with van der Waals surface area (Å²) >= 11 is 0. The number of carbonyl (C=O) groups excluding carboxylic acids is 3. The molecular weight excluding hydrogens is 420 g/mol. The van der Waals surface area contributed by atoms with Crippen LogP contribution in [0.15, 0.2) is 54.6 Å². The van der Waals surface area contributed by atoms with E-state index in [1.165, 1.54) is 6.08 Å². The maximum absolute atomic E-state index is 12.2. The predicted octanol–water partition coefficient (Wildman–Crippen LogP) is 3.53. The quantitative estimate of drug-likeness (QED) is 0.463. The highest BCUT2D eigenvalue weighted by Gasteiger charge is 2.23. The van der Waals surface area contributed by atoms with Gasteiger partial charge in [0.2, 0.25) is 5.91 Å². The molecule has 2 aromatic carbocycles. The van der Waals surface area contributed by atoms with Crippen molar-refractivity contribution in [2.24, 2.45) is 0 Å². The molecule has 8 nitrogen and oxygen atoms in total. The van der Waals surface area contributed by atoms with E-state index >= 15 is 0 Å². The number of amides is 4. The van der Waals surface area contributed by atoms with Crippen LogP contribution < -0.4 is 21.3 Å². The van der Waals surface area contributed by atoms with Gasteiger partial charge in [0.05, 0.1) is 6.10 Å². The third-order valence-electron chi connectivity index (χ3n) is 5.44. The van der Waals surface area contributed by atoms with Crippen LogP contribution in [0.2, 0.25) is 0 Å². The average molecular weight is 449 g/mol. The topological polar surface area (TPSA) is 109 Å². The standard InChI is InChI=1S/C25H28N4O4/c30-23(14-5-17-3-6-18(7-4-17)24(31)28-20-10-11-20)27-19-8-12-21(13-9-19)29-25(32)26-16-22-2-1-15-33-22/h3-9,12-14,20,22H,1-2,10-11,15-16H2,(H,27,30)(H,28,31)(H2,26,29,32)/b14-5+. The molecule has 2 aromatic rings. The van der Waals surface area contributed by atoms with Crippen LogP contribution in [0.4, 0.5) is 16.2 Å². The van der Waals surface area contributed by atoms with Gasteiger partial charge in [-0.05, 0) is 73.7 Å². The highest BCUT2D eigenvalue weighted by molar-refractivity contribution is 6.02. The largest absolute Gasteiger partial charge is 0.376 e. The highest BCUT2D eigenvalue weighted by Crippen LogP contribution is 2.19. The number of nitrogens with one attached hydrogen (secondary N) is 4. The Balaban J connectivity index is 1.21. The van der Waals surface area contributed by atoms with Crippen molar-refractivity contribution in [3.05, 3.63) is 65.7 Å². The Morgan fingerprint density at radius 3 is 2.24 bits per heavy atom. The van der Waals surface area contributed by atoms with E-state index in [9.17, 15) is 14.4 Å². The van der Waals surface area contributed by atoms with Gasteiger partial charge in [-0.3, -0.25) is 9.59 Å². The summed E-state index contributed by atoms with van der Waals surface area (Å²) < 4.78 is 5.48. The predicted molar refractivity (Wildman–Crippen MR) is 127 cm³/mol. The molecular formula is C25H28N4O4. The molecule has 0 aromatic heterocycles. The zero-order chi connectivity index (χ0) is 23.0. The first-order chi connectivity index (χ1) is 16.0. The fourth-order valence-electron chi connectivity index (χ4n) is 3.42. The van der Waals surface area contributed by atoms with Crippen LogP contribution in [-0.4, -0.2) is 43.1 Å². The fourth-order valence-corrected chi connectivity index (χ4v) is 3.42. The van der Waals surface area contributed by atoms with Crippen molar-refractivity contribution in [3.8, 4) is 0 Å². The van der Waals surface area contributed by atoms with Gasteiger partial charge >= 0.3 is 6.03 Å². The van der Waals surface area contributed by atoms with Gasteiger partial charge in [0, 0.05) is 42.2 Å². The molecule has 1 atom stereocenters. The maximum Gasteiger partial charge on any atom is 0.319 e. The molecule has 1 saturated carbocycles. The number of carbonyl (C=O) groups is 3. The SMILES string of the molecule is O=C(/C=C/c1ccc(C(=O)NC2CC2)cc1)Nc1ccc(NC(=O)NCC2CCCO2)cc1. The van der Waals surface area contributed by atoms with Crippen LogP contribution in [0.3, 0.4) is 0 Å². The lowest BCUT2D eigenvalue weighted by atomic mass is 10.1. The molecule has 1 heterocycles. The van der Waals surface area contributed by atoms with Crippen LogP contribution in [0.5, 0.6) is 0 Å². The summed E-state index contributed by atoms with van der Waals surface area (Å²) in [5, 5.41) is 11.3. The van der Waals surface area contributed by atoms with E-state index in [2.05, 4.69) is 21.3 Å². The van der Waals surface area contributed by atoms with E-state index < -0.39 is 0 Å². The number of urea groups is 1. The number of ether oxygens (including phenoxy) is 1. The number of anilines is 2. The van der Waals surface area contributed by atoms with E-state index in [4.69, 9.17) is 4.74 Å². The third kappa shape index (κ3) is 7.18. The highest BCUT2D eigenvalue weighted by atomic mass is 16.5. The Hall–Kier alpha value is -3.65. The van der Waals surface area contributed by atoms with Gasteiger partial charge in [-0.1, -0.05) is 12.1 Å². The zero-order valence-electron chi connectivity index (χ0n) is 18.3. The second-order valence-electron chi connectivity index (χ2n) is 8.24. The van der Waals surface area contributed by atoms with Gasteiger partial charge in [-0.15, -0.1) is 0 Å². The molecule has 2 aliphatic rings. The molecule has 1 aliphatic carbocycles. The molecule has 4 amide bonds. The normalized spacial score (nSPS) is 17.5. The van der Waals surface area contributed by atoms with Crippen molar-refractivity contribution in [2.75, 3.05) is 23.8 Å². The van der Waals surface area contributed by atoms with Crippen molar-refractivity contribution < 1.29 is 19.1 Å². The number of hydrogen-bond acceptors (Lipinski definition) is 4. The lowest BCUT2D eigenvalue weighted by Crippen LogP contribution is -2.35. The summed E-state index contributed by atoms with van der Waals surface area (Å²) in [6.45, 7) is 1.24. The van der Waals surface area contributed by atoms with Gasteiger partial charge in [0.1, 0.15) is 0 Å². The lowest BCUT2D eigenvalue weighted by molar-refractivity contribution is -0.111. The Labute approximate surface area is 192 Å². The molecule has 4 N–H and O–H groups in total. The fraction of sp³-hybridized carbons (Fsp3) is 0.320. The molecule has 1 saturated heterocycles. The van der Waals surface area contributed by atoms with Gasteiger partial charge in [-0.25, -0.2) is 4.79 Å². The molecule has 4 rings (SSSR count). The summed E-state index contributed by atoms with van der Waals surface area (Å²) in [5.74, 6) is -0.343. The van der Waals surface area contributed by atoms with Crippen LogP contribution >= 0.6 is 0 Å². The van der Waals surface area contributed by atoms with E-state index in [1.807, 2.05) is 0 Å². The second-order valence-corrected chi connectivity index (χ2v) is 8.24. The Morgan fingerprint density at radius 1 is 0.909 bits per heavy atom. The minimum Gasteiger partial charge on any atom is -0.376 e. The van der Waals surface area contributed by atoms with Crippen LogP contribution in [0.1, 0.15) is 41.6 Å². The number of rotatable bonds is 8. The molecule has 8 heteroatoms. The Bertz CT molecular complexity index is 1010. The molecule has 172 valence electrons. The minimum atomic E-state index is -0.291. The van der Waals surface area contributed by atoms with Gasteiger partial charge in [-0.2, -0.15) is 0 Å². The van der Waals surface area contributed by atoms with Gasteiger partial charge in [0.25, 0.3) is 5.91 Å². The lowest BCUT2D eigenvalue weighted by Gasteiger charge is -2.12. The molecule has 0 radical (unpaired) electrons. The van der Waals surface area contributed by atoms with Gasteiger partial charge < -0.3 is 26.0 Å². The molecule has 0 bridgehead atoms. The Morgan fingerprint density at radius 2 is 1.61 bits per heavy atom. The molecule has 33 heavy (non-hydrogen) atoms. The monoisotopic (exact) mass is 448 g/mol. The molecule has 2 fully saturated rings. The zero-order valence-corrected chi connectivity index (χ0v) is 18.3. The van der Waals surface area contributed by atoms with E-state index in [-0.39, 0.29) is 23.9 Å². The smallest absolute Gasteiger partial charge is 0.319 e. The van der Waals surface area contributed by atoms with Crippen molar-refractivity contribution in [3.63, 3.8) is 0 Å². The van der Waals surface area contributed by atoms with Gasteiger partial charge in [0.15, 0.2) is 0 Å². The van der Waals surface area contributed by atoms with Crippen molar-refractivity contribution in [1.82, 2.24) is 10.6 Å². The number of hydrogen-bond donors (Lipinski definition) is 4. The van der Waals surface area contributed by atoms with Crippen LogP contribution in [0.25, 0.3) is 6.08 Å². The average Bonchev–Trinajstić information content (AvgIpc) is 3.48. The third-order valence-corrected chi connectivity index (χ3v) is 5.44. The van der Waals surface area contributed by atoms with Crippen LogP contribution in [-0.2, 0) is 9.53 Å². The van der Waals surface area contributed by atoms with Crippen molar-refractivity contribution in [2.45, 2.75) is 37.8 Å². The maximum atomic E-state index is 12.2. The summed E-state index contributed by atoms with van der Waals surface area (Å²) in [6, 6.07) is 14.0. The molecule has 1 unspecified atom stereocenters. The summed E-state index contributed by atoms with van der Waals surface area (Å²) in [6.07, 6.45) is 7.30. The summed E-state index contributed by atoms with van der Waals surface area (Å²) in [5.41, 5.74) is 2.67. The molecule has 1 aliphatic heterocycles. The van der Waals surface area contributed by atoms with E-state index in [1.54, 1.807) is 54.6 Å². The first kappa shape index (κ1) is 22.5. The first-order valence-electron chi connectivity index (χ1n) is 11.2. The van der Waals surface area contributed by atoms with Crippen molar-refractivity contribution >= 4 is 35.3 Å². The second kappa shape index (κ2) is 10.8. The minimum absolute atomic E-state index is 0.0657. The van der Waals surface area contributed by atoms with E-state index in [0.717, 1.165) is 37.9 Å². The van der Waals surface area contributed by atoms with E-state index in [0.29, 0.717) is 29.5 Å². The Kier molecular flexibility index (Phi) is 7.36. The van der Waals surface area contributed by atoms with Crippen LogP contribution in [0, 0.1) is 0 Å². The number of benzene rings is 2.